The second-order valence-electron chi connectivity index (χ2n) is 4.13. The first-order valence-corrected chi connectivity index (χ1v) is 5.50. The lowest BCUT2D eigenvalue weighted by Crippen LogP contribution is -2.41. The van der Waals surface area contributed by atoms with Crippen LogP contribution in [0.4, 0.5) is 0 Å². The topological polar surface area (TPSA) is 47.3 Å². The summed E-state index contributed by atoms with van der Waals surface area (Å²) in [6.45, 7) is 4.77. The zero-order valence-electron chi connectivity index (χ0n) is 9.25. The molecule has 3 N–H and O–H groups in total. The molecule has 0 aromatic carbocycles. The summed E-state index contributed by atoms with van der Waals surface area (Å²) in [5.41, 5.74) is 4.25. The number of ether oxygens (including phenoxy) is 1. The molecule has 1 unspecified atom stereocenters. The van der Waals surface area contributed by atoms with Crippen LogP contribution in [0.1, 0.15) is 39.5 Å². The fourth-order valence-electron chi connectivity index (χ4n) is 1.73. The highest BCUT2D eigenvalue weighted by Gasteiger charge is 2.15. The fourth-order valence-corrected chi connectivity index (χ4v) is 1.73. The monoisotopic (exact) mass is 198 g/mol. The van der Waals surface area contributed by atoms with Crippen LogP contribution in [0.3, 0.4) is 0 Å². The molecule has 1 rings (SSSR count). The number of nitrogens with one attached hydrogen (secondary N) is 1. The van der Waals surface area contributed by atoms with Crippen LogP contribution < -0.4 is 11.3 Å². The number of hydrogen-bond donors (Lipinski definition) is 2. The van der Waals surface area contributed by atoms with Crippen molar-refractivity contribution in [3.8, 4) is 0 Å². The Morgan fingerprint density at radius 3 is 2.79 bits per heavy atom. The van der Waals surface area contributed by atoms with E-state index in [9.17, 15) is 0 Å². The average Bonchev–Trinajstić information content (AvgIpc) is 2.20. The quantitative estimate of drug-likeness (QED) is 0.402. The lowest BCUT2D eigenvalue weighted by molar-refractivity contribution is 0.0668. The molecule has 82 valence electrons. The van der Waals surface area contributed by atoms with Crippen molar-refractivity contribution >= 4 is 0 Å². The molecule has 0 spiro atoms. The minimum atomic E-state index is 0.206. The van der Waals surface area contributed by atoms with Crippen molar-refractivity contribution in [1.82, 2.24) is 5.43 Å². The Bertz CT molecular complexity index is 190. The van der Waals surface area contributed by atoms with Gasteiger partial charge in [0.25, 0.3) is 0 Å². The van der Waals surface area contributed by atoms with Gasteiger partial charge in [0.05, 0.1) is 18.8 Å². The summed E-state index contributed by atoms with van der Waals surface area (Å²) in [5.74, 6) is 5.52. The van der Waals surface area contributed by atoms with Gasteiger partial charge in [0.1, 0.15) is 0 Å². The molecule has 0 aliphatic heterocycles. The SMILES string of the molecule is CC(C)OCC(NN)C1=CCCCC1. The van der Waals surface area contributed by atoms with E-state index in [1.54, 1.807) is 0 Å². The van der Waals surface area contributed by atoms with E-state index >= 15 is 0 Å². The molecule has 0 bridgehead atoms. The molecule has 0 heterocycles. The first-order chi connectivity index (χ1) is 6.74. The second-order valence-corrected chi connectivity index (χ2v) is 4.13. The van der Waals surface area contributed by atoms with Crippen molar-refractivity contribution in [2.75, 3.05) is 6.61 Å². The highest BCUT2D eigenvalue weighted by Crippen LogP contribution is 2.20. The molecule has 0 saturated carbocycles. The third kappa shape index (κ3) is 3.78. The molecule has 1 aliphatic carbocycles. The predicted octanol–water partition coefficient (Wildman–Crippen LogP) is 1.74. The van der Waals surface area contributed by atoms with E-state index in [1.165, 1.54) is 24.8 Å². The summed E-state index contributed by atoms with van der Waals surface area (Å²) in [6, 6.07) is 0.206. The molecule has 0 radical (unpaired) electrons. The summed E-state index contributed by atoms with van der Waals surface area (Å²) >= 11 is 0. The number of allylic oxidation sites excluding steroid dienone is 1. The largest absolute Gasteiger partial charge is 0.377 e. The van der Waals surface area contributed by atoms with Crippen LogP contribution in [-0.2, 0) is 4.74 Å². The van der Waals surface area contributed by atoms with Gasteiger partial charge < -0.3 is 4.74 Å². The molecule has 0 saturated heterocycles. The maximum absolute atomic E-state index is 5.56. The molecule has 1 atom stereocenters. The van der Waals surface area contributed by atoms with Crippen molar-refractivity contribution in [2.45, 2.75) is 51.7 Å². The first kappa shape index (κ1) is 11.7. The molecule has 0 fully saturated rings. The number of nitrogens with two attached hydrogens (primary N) is 1. The van der Waals surface area contributed by atoms with Crippen LogP contribution in [0.25, 0.3) is 0 Å². The Labute approximate surface area is 86.7 Å². The van der Waals surface area contributed by atoms with Gasteiger partial charge in [0.15, 0.2) is 0 Å². The Hall–Kier alpha value is -0.380. The van der Waals surface area contributed by atoms with Gasteiger partial charge in [-0.3, -0.25) is 11.3 Å². The lowest BCUT2D eigenvalue weighted by Gasteiger charge is -2.23. The van der Waals surface area contributed by atoms with E-state index in [1.807, 2.05) is 13.8 Å². The van der Waals surface area contributed by atoms with Crippen LogP contribution in [0, 0.1) is 0 Å². The molecule has 0 aromatic heterocycles. The molecule has 0 amide bonds. The van der Waals surface area contributed by atoms with E-state index < -0.39 is 0 Å². The highest BCUT2D eigenvalue weighted by molar-refractivity contribution is 5.12. The summed E-state index contributed by atoms with van der Waals surface area (Å²) in [6.07, 6.45) is 7.52. The molecule has 3 heteroatoms. The van der Waals surface area contributed by atoms with Gasteiger partial charge in [-0.05, 0) is 39.5 Å². The summed E-state index contributed by atoms with van der Waals surface area (Å²) in [7, 11) is 0. The minimum Gasteiger partial charge on any atom is -0.377 e. The first-order valence-electron chi connectivity index (χ1n) is 5.50. The number of hydrazine groups is 1. The van der Waals surface area contributed by atoms with Gasteiger partial charge in [-0.1, -0.05) is 11.6 Å². The lowest BCUT2D eigenvalue weighted by atomic mass is 9.94. The maximum Gasteiger partial charge on any atom is 0.0674 e. The van der Waals surface area contributed by atoms with Gasteiger partial charge >= 0.3 is 0 Å². The number of rotatable bonds is 5. The van der Waals surface area contributed by atoms with Crippen LogP contribution in [0.15, 0.2) is 11.6 Å². The predicted molar refractivity (Wildman–Crippen MR) is 58.8 cm³/mol. The van der Waals surface area contributed by atoms with Crippen LogP contribution >= 0.6 is 0 Å². The minimum absolute atomic E-state index is 0.206. The van der Waals surface area contributed by atoms with Crippen molar-refractivity contribution in [3.63, 3.8) is 0 Å². The van der Waals surface area contributed by atoms with Crippen LogP contribution in [0.5, 0.6) is 0 Å². The molecular weight excluding hydrogens is 176 g/mol. The van der Waals surface area contributed by atoms with E-state index in [0.717, 1.165) is 6.42 Å². The Morgan fingerprint density at radius 2 is 2.29 bits per heavy atom. The fraction of sp³-hybridized carbons (Fsp3) is 0.818. The van der Waals surface area contributed by atoms with Crippen LogP contribution in [0.2, 0.25) is 0 Å². The van der Waals surface area contributed by atoms with Gasteiger partial charge in [-0.25, -0.2) is 0 Å². The highest BCUT2D eigenvalue weighted by atomic mass is 16.5. The molecule has 0 aromatic rings. The zero-order valence-corrected chi connectivity index (χ0v) is 9.25. The normalized spacial score (nSPS) is 19.6. The van der Waals surface area contributed by atoms with E-state index in [4.69, 9.17) is 10.6 Å². The summed E-state index contributed by atoms with van der Waals surface area (Å²) < 4.78 is 5.56. The van der Waals surface area contributed by atoms with Crippen molar-refractivity contribution in [1.29, 1.82) is 0 Å². The van der Waals surface area contributed by atoms with Gasteiger partial charge in [0, 0.05) is 0 Å². The molecular formula is C11H22N2O. The van der Waals surface area contributed by atoms with E-state index in [2.05, 4.69) is 11.5 Å². The average molecular weight is 198 g/mol. The van der Waals surface area contributed by atoms with Crippen molar-refractivity contribution in [2.24, 2.45) is 5.84 Å². The standard InChI is InChI=1S/C11H22N2O/c1-9(2)14-8-11(13-12)10-6-4-3-5-7-10/h6,9,11,13H,3-5,7-8,12H2,1-2H3. The van der Waals surface area contributed by atoms with Crippen molar-refractivity contribution < 1.29 is 4.74 Å². The summed E-state index contributed by atoms with van der Waals surface area (Å²) in [4.78, 5) is 0. The molecule has 3 nitrogen and oxygen atoms in total. The molecule has 14 heavy (non-hydrogen) atoms. The Kier molecular flexibility index (Phi) is 5.15. The van der Waals surface area contributed by atoms with Gasteiger partial charge in [-0.2, -0.15) is 0 Å². The summed E-state index contributed by atoms with van der Waals surface area (Å²) in [5, 5.41) is 0. The van der Waals surface area contributed by atoms with Gasteiger partial charge in [0.2, 0.25) is 0 Å². The smallest absolute Gasteiger partial charge is 0.0674 e. The maximum atomic E-state index is 5.56. The van der Waals surface area contributed by atoms with Gasteiger partial charge in [-0.15, -0.1) is 0 Å². The van der Waals surface area contributed by atoms with E-state index in [0.29, 0.717) is 6.61 Å². The van der Waals surface area contributed by atoms with Crippen LogP contribution in [-0.4, -0.2) is 18.8 Å². The number of hydrogen-bond acceptors (Lipinski definition) is 3. The third-order valence-electron chi connectivity index (χ3n) is 2.57. The Balaban J connectivity index is 2.39. The molecule has 1 aliphatic rings. The zero-order chi connectivity index (χ0) is 10.4. The second kappa shape index (κ2) is 6.17. The third-order valence-corrected chi connectivity index (χ3v) is 2.57. The Morgan fingerprint density at radius 1 is 1.50 bits per heavy atom. The van der Waals surface area contributed by atoms with Crippen molar-refractivity contribution in [3.05, 3.63) is 11.6 Å². The van der Waals surface area contributed by atoms with E-state index in [-0.39, 0.29) is 12.1 Å².